The van der Waals surface area contributed by atoms with Gasteiger partial charge in [0.2, 0.25) is 0 Å². The molecule has 1 aromatic carbocycles. The lowest BCUT2D eigenvalue weighted by atomic mass is 10.0. The Labute approximate surface area is 129 Å². The van der Waals surface area contributed by atoms with Crippen LogP contribution in [-0.2, 0) is 11.3 Å². The van der Waals surface area contributed by atoms with Gasteiger partial charge in [0.05, 0.1) is 5.52 Å². The number of pyridine rings is 1. The Balaban J connectivity index is 2.15. The molecule has 0 aliphatic rings. The van der Waals surface area contributed by atoms with Gasteiger partial charge < -0.3 is 10.4 Å². The first-order valence-electron chi connectivity index (χ1n) is 6.97. The van der Waals surface area contributed by atoms with Crippen molar-refractivity contribution in [3.63, 3.8) is 0 Å². The number of para-hydroxylation sites is 1. The molecule has 0 spiro atoms. The highest BCUT2D eigenvalue weighted by Gasteiger charge is 2.18. The van der Waals surface area contributed by atoms with Gasteiger partial charge in [0, 0.05) is 17.5 Å². The molecule has 1 aromatic heterocycles. The molecule has 0 radical (unpaired) electrons. The molecule has 112 valence electrons. The highest BCUT2D eigenvalue weighted by atomic mass is 35.5. The van der Waals surface area contributed by atoms with Gasteiger partial charge in [0.25, 0.3) is 0 Å². The summed E-state index contributed by atoms with van der Waals surface area (Å²) in [6.07, 6.45) is 0.577. The quantitative estimate of drug-likeness (QED) is 0.802. The molecule has 0 saturated carbocycles. The zero-order valence-corrected chi connectivity index (χ0v) is 12.9. The Morgan fingerprint density at radius 1 is 1.38 bits per heavy atom. The summed E-state index contributed by atoms with van der Waals surface area (Å²) in [5, 5.41) is 13.7. The van der Waals surface area contributed by atoms with Crippen LogP contribution in [0.15, 0.2) is 30.3 Å². The van der Waals surface area contributed by atoms with Gasteiger partial charge in [-0.25, -0.2) is 4.98 Å². The van der Waals surface area contributed by atoms with Crippen LogP contribution in [0.2, 0.25) is 5.15 Å². The minimum Gasteiger partial charge on any atom is -0.480 e. The van der Waals surface area contributed by atoms with Gasteiger partial charge >= 0.3 is 5.97 Å². The van der Waals surface area contributed by atoms with Gasteiger partial charge in [-0.15, -0.1) is 0 Å². The minimum atomic E-state index is -0.839. The molecule has 2 aromatic rings. The van der Waals surface area contributed by atoms with Crippen molar-refractivity contribution in [1.82, 2.24) is 10.3 Å². The van der Waals surface area contributed by atoms with Crippen molar-refractivity contribution in [1.29, 1.82) is 0 Å². The molecule has 0 bridgehead atoms. The van der Waals surface area contributed by atoms with E-state index in [2.05, 4.69) is 10.3 Å². The Hall–Kier alpha value is -1.65. The van der Waals surface area contributed by atoms with Gasteiger partial charge in [-0.05, 0) is 24.5 Å². The second-order valence-corrected chi connectivity index (χ2v) is 5.89. The standard InChI is InChI=1S/C16H19ClN2O2/c1-10(2)7-14(16(20)21)18-9-12-8-11-5-3-4-6-13(11)19-15(12)17/h3-6,8,10,14,18H,7,9H2,1-2H3,(H,20,21). The number of nitrogens with zero attached hydrogens (tertiary/aromatic N) is 1. The summed E-state index contributed by atoms with van der Waals surface area (Å²) in [6.45, 7) is 4.39. The van der Waals surface area contributed by atoms with Crippen molar-refractivity contribution in [2.75, 3.05) is 0 Å². The molecule has 1 atom stereocenters. The van der Waals surface area contributed by atoms with Crippen LogP contribution >= 0.6 is 11.6 Å². The molecule has 0 amide bonds. The monoisotopic (exact) mass is 306 g/mol. The first-order chi connectivity index (χ1) is 9.97. The molecule has 0 saturated heterocycles. The number of hydrogen-bond donors (Lipinski definition) is 2. The predicted molar refractivity (Wildman–Crippen MR) is 84.5 cm³/mol. The SMILES string of the molecule is CC(C)CC(NCc1cc2ccccc2nc1Cl)C(=O)O. The maximum atomic E-state index is 11.2. The minimum absolute atomic E-state index is 0.309. The molecule has 2 N–H and O–H groups in total. The van der Waals surface area contributed by atoms with E-state index >= 15 is 0 Å². The third kappa shape index (κ3) is 4.16. The second-order valence-electron chi connectivity index (χ2n) is 5.53. The highest BCUT2D eigenvalue weighted by molar-refractivity contribution is 6.30. The number of rotatable bonds is 6. The van der Waals surface area contributed by atoms with E-state index in [1.807, 2.05) is 44.2 Å². The topological polar surface area (TPSA) is 62.2 Å². The first-order valence-corrected chi connectivity index (χ1v) is 7.35. The van der Waals surface area contributed by atoms with Gasteiger partial charge in [-0.2, -0.15) is 0 Å². The van der Waals surface area contributed by atoms with Crippen molar-refractivity contribution >= 4 is 28.5 Å². The zero-order chi connectivity index (χ0) is 15.4. The van der Waals surface area contributed by atoms with Crippen LogP contribution in [0.5, 0.6) is 0 Å². The lowest BCUT2D eigenvalue weighted by Gasteiger charge is -2.17. The third-order valence-corrected chi connectivity index (χ3v) is 3.62. The van der Waals surface area contributed by atoms with Crippen molar-refractivity contribution in [3.05, 3.63) is 41.0 Å². The van der Waals surface area contributed by atoms with Crippen LogP contribution in [0.4, 0.5) is 0 Å². The fourth-order valence-electron chi connectivity index (χ4n) is 2.24. The van der Waals surface area contributed by atoms with Crippen molar-refractivity contribution in [2.45, 2.75) is 32.9 Å². The Kier molecular flexibility index (Phi) is 5.15. The van der Waals surface area contributed by atoms with Gasteiger partial charge in [0.15, 0.2) is 0 Å². The number of halogens is 1. The number of benzene rings is 1. The average molecular weight is 307 g/mol. The van der Waals surface area contributed by atoms with Gasteiger partial charge in [-0.3, -0.25) is 4.79 Å². The van der Waals surface area contributed by atoms with Crippen molar-refractivity contribution in [2.24, 2.45) is 5.92 Å². The predicted octanol–water partition coefficient (Wildman–Crippen LogP) is 3.48. The molecule has 21 heavy (non-hydrogen) atoms. The van der Waals surface area contributed by atoms with E-state index < -0.39 is 12.0 Å². The van der Waals surface area contributed by atoms with E-state index in [0.29, 0.717) is 24.0 Å². The summed E-state index contributed by atoms with van der Waals surface area (Å²) in [7, 11) is 0. The Morgan fingerprint density at radius 2 is 2.10 bits per heavy atom. The number of carboxylic acids is 1. The first kappa shape index (κ1) is 15.7. The van der Waals surface area contributed by atoms with E-state index in [1.54, 1.807) is 0 Å². The van der Waals surface area contributed by atoms with Gasteiger partial charge in [-0.1, -0.05) is 43.6 Å². The van der Waals surface area contributed by atoms with Crippen molar-refractivity contribution in [3.8, 4) is 0 Å². The van der Waals surface area contributed by atoms with E-state index in [1.165, 1.54) is 0 Å². The number of fused-ring (bicyclic) bond motifs is 1. The van der Waals surface area contributed by atoms with Crippen LogP contribution in [0.3, 0.4) is 0 Å². The van der Waals surface area contributed by atoms with Crippen molar-refractivity contribution < 1.29 is 9.90 Å². The lowest BCUT2D eigenvalue weighted by molar-refractivity contribution is -0.140. The lowest BCUT2D eigenvalue weighted by Crippen LogP contribution is -2.37. The molecule has 2 rings (SSSR count). The Bertz CT molecular complexity index is 643. The smallest absolute Gasteiger partial charge is 0.320 e. The fourth-order valence-corrected chi connectivity index (χ4v) is 2.45. The average Bonchev–Trinajstić information content (AvgIpc) is 2.42. The molecule has 0 aliphatic heterocycles. The summed E-state index contributed by atoms with van der Waals surface area (Å²) < 4.78 is 0. The van der Waals surface area contributed by atoms with E-state index in [-0.39, 0.29) is 0 Å². The zero-order valence-electron chi connectivity index (χ0n) is 12.1. The van der Waals surface area contributed by atoms with Gasteiger partial charge in [0.1, 0.15) is 11.2 Å². The number of nitrogens with one attached hydrogen (secondary N) is 1. The maximum absolute atomic E-state index is 11.2. The largest absolute Gasteiger partial charge is 0.480 e. The van der Waals surface area contributed by atoms with Crippen LogP contribution in [0.25, 0.3) is 10.9 Å². The summed E-state index contributed by atoms with van der Waals surface area (Å²) >= 11 is 6.17. The highest BCUT2D eigenvalue weighted by Crippen LogP contribution is 2.20. The summed E-state index contributed by atoms with van der Waals surface area (Å²) in [5.74, 6) is -0.530. The number of carbonyl (C=O) groups is 1. The molecule has 1 unspecified atom stereocenters. The molecular formula is C16H19ClN2O2. The molecule has 0 fully saturated rings. The number of hydrogen-bond acceptors (Lipinski definition) is 3. The Morgan fingerprint density at radius 3 is 2.76 bits per heavy atom. The fraction of sp³-hybridized carbons (Fsp3) is 0.375. The number of carboxylic acid groups (broad SMARTS) is 1. The van der Waals surface area contributed by atoms with Crippen LogP contribution in [0.1, 0.15) is 25.8 Å². The van der Waals surface area contributed by atoms with E-state index in [9.17, 15) is 9.90 Å². The number of aliphatic carboxylic acids is 1. The number of aromatic nitrogens is 1. The molecule has 4 nitrogen and oxygen atoms in total. The second kappa shape index (κ2) is 6.87. The van der Waals surface area contributed by atoms with E-state index in [0.717, 1.165) is 16.5 Å². The summed E-state index contributed by atoms with van der Waals surface area (Å²) in [4.78, 5) is 15.6. The summed E-state index contributed by atoms with van der Waals surface area (Å²) in [6, 6.07) is 9.09. The van der Waals surface area contributed by atoms with Crippen LogP contribution in [-0.4, -0.2) is 22.1 Å². The van der Waals surface area contributed by atoms with E-state index in [4.69, 9.17) is 11.6 Å². The molecule has 1 heterocycles. The summed E-state index contributed by atoms with van der Waals surface area (Å²) in [5.41, 5.74) is 1.65. The third-order valence-electron chi connectivity index (χ3n) is 3.29. The molecule has 5 heteroatoms. The normalized spacial score (nSPS) is 12.8. The molecular weight excluding hydrogens is 288 g/mol. The maximum Gasteiger partial charge on any atom is 0.320 e. The molecule has 0 aliphatic carbocycles. The van der Waals surface area contributed by atoms with Crippen LogP contribution in [0, 0.1) is 5.92 Å². The van der Waals surface area contributed by atoms with Crippen LogP contribution < -0.4 is 5.32 Å².